The van der Waals surface area contributed by atoms with E-state index in [-0.39, 0.29) is 6.04 Å². The minimum Gasteiger partial charge on any atom is -0.465 e. The van der Waals surface area contributed by atoms with Gasteiger partial charge in [-0.3, -0.25) is 0 Å². The molecular weight excluding hydrogens is 170 g/mol. The molecule has 0 bridgehead atoms. The number of nitrogens with one attached hydrogen (secondary N) is 1. The second kappa shape index (κ2) is 4.43. The van der Waals surface area contributed by atoms with Gasteiger partial charge in [0, 0.05) is 39.3 Å². The highest BCUT2D eigenvalue weighted by molar-refractivity contribution is 5.64. The van der Waals surface area contributed by atoms with E-state index in [1.165, 1.54) is 4.90 Å². The fraction of sp³-hybridized carbons (Fsp3) is 0.875. The van der Waals surface area contributed by atoms with Crippen LogP contribution in [0.3, 0.4) is 0 Å². The normalized spacial score (nSPS) is 24.3. The van der Waals surface area contributed by atoms with Crippen LogP contribution in [-0.4, -0.2) is 67.3 Å². The number of piperazine rings is 1. The predicted molar refractivity (Wildman–Crippen MR) is 49.9 cm³/mol. The minimum atomic E-state index is -0.866. The van der Waals surface area contributed by atoms with E-state index in [0.29, 0.717) is 6.54 Å². The summed E-state index contributed by atoms with van der Waals surface area (Å²) in [6, 6.07) is 0.264. The Morgan fingerprint density at radius 3 is 3.00 bits per heavy atom. The van der Waals surface area contributed by atoms with Gasteiger partial charge >= 0.3 is 6.09 Å². The zero-order valence-electron chi connectivity index (χ0n) is 8.16. The Morgan fingerprint density at radius 1 is 1.77 bits per heavy atom. The Labute approximate surface area is 78.3 Å². The third-order valence-corrected chi connectivity index (χ3v) is 2.28. The van der Waals surface area contributed by atoms with Crippen LogP contribution in [0.15, 0.2) is 0 Å². The van der Waals surface area contributed by atoms with Gasteiger partial charge in [-0.15, -0.1) is 0 Å². The van der Waals surface area contributed by atoms with Crippen molar-refractivity contribution in [1.82, 2.24) is 15.1 Å². The summed E-state index contributed by atoms with van der Waals surface area (Å²) >= 11 is 0. The van der Waals surface area contributed by atoms with Gasteiger partial charge in [0.25, 0.3) is 0 Å². The summed E-state index contributed by atoms with van der Waals surface area (Å²) in [5, 5.41) is 12.0. The van der Waals surface area contributed by atoms with Crippen molar-refractivity contribution in [3.05, 3.63) is 0 Å². The highest BCUT2D eigenvalue weighted by Crippen LogP contribution is 1.98. The van der Waals surface area contributed by atoms with Gasteiger partial charge in [-0.05, 0) is 7.05 Å². The standard InChI is InChI=1S/C8H17N3O2/c1-10-4-3-9-7(5-10)6-11(2)8(12)13/h7,9H,3-6H2,1-2H3,(H,12,13). The van der Waals surface area contributed by atoms with E-state index >= 15 is 0 Å². The Hall–Kier alpha value is -0.810. The van der Waals surface area contributed by atoms with Crippen LogP contribution in [0, 0.1) is 0 Å². The Bertz CT molecular complexity index is 186. The molecule has 0 aliphatic carbocycles. The molecule has 1 aliphatic heterocycles. The van der Waals surface area contributed by atoms with Gasteiger partial charge < -0.3 is 20.2 Å². The van der Waals surface area contributed by atoms with Crippen molar-refractivity contribution >= 4 is 6.09 Å². The minimum absolute atomic E-state index is 0.264. The lowest BCUT2D eigenvalue weighted by Gasteiger charge is -2.32. The van der Waals surface area contributed by atoms with Crippen molar-refractivity contribution < 1.29 is 9.90 Å². The van der Waals surface area contributed by atoms with Crippen molar-refractivity contribution in [3.63, 3.8) is 0 Å². The lowest BCUT2D eigenvalue weighted by Crippen LogP contribution is -2.53. The van der Waals surface area contributed by atoms with E-state index < -0.39 is 6.09 Å². The molecule has 1 heterocycles. The Balaban J connectivity index is 2.31. The Kier molecular flexibility index (Phi) is 3.50. The van der Waals surface area contributed by atoms with E-state index in [1.54, 1.807) is 7.05 Å². The largest absolute Gasteiger partial charge is 0.465 e. The van der Waals surface area contributed by atoms with Crippen LogP contribution < -0.4 is 5.32 Å². The van der Waals surface area contributed by atoms with E-state index in [4.69, 9.17) is 5.11 Å². The van der Waals surface area contributed by atoms with Crippen LogP contribution in [0.2, 0.25) is 0 Å². The van der Waals surface area contributed by atoms with Crippen LogP contribution in [0.5, 0.6) is 0 Å². The lowest BCUT2D eigenvalue weighted by atomic mass is 10.2. The summed E-state index contributed by atoms with van der Waals surface area (Å²) in [7, 11) is 3.65. The number of rotatable bonds is 2. The maximum absolute atomic E-state index is 10.5. The zero-order valence-corrected chi connectivity index (χ0v) is 8.16. The fourth-order valence-electron chi connectivity index (χ4n) is 1.52. The highest BCUT2D eigenvalue weighted by atomic mass is 16.4. The molecule has 1 fully saturated rings. The third-order valence-electron chi connectivity index (χ3n) is 2.28. The molecule has 1 saturated heterocycles. The summed E-state index contributed by atoms with van der Waals surface area (Å²) in [4.78, 5) is 14.1. The average Bonchev–Trinajstić information content (AvgIpc) is 2.04. The van der Waals surface area contributed by atoms with Gasteiger partial charge in [0.05, 0.1) is 0 Å². The maximum atomic E-state index is 10.5. The molecule has 1 amide bonds. The smallest absolute Gasteiger partial charge is 0.407 e. The number of nitrogens with zero attached hydrogens (tertiary/aromatic N) is 2. The van der Waals surface area contributed by atoms with E-state index in [0.717, 1.165) is 19.6 Å². The van der Waals surface area contributed by atoms with E-state index in [9.17, 15) is 4.79 Å². The van der Waals surface area contributed by atoms with Crippen molar-refractivity contribution in [1.29, 1.82) is 0 Å². The summed E-state index contributed by atoms with van der Waals surface area (Å²) in [6.45, 7) is 3.44. The lowest BCUT2D eigenvalue weighted by molar-refractivity contribution is 0.141. The van der Waals surface area contributed by atoms with Gasteiger partial charge in [-0.25, -0.2) is 4.79 Å². The van der Waals surface area contributed by atoms with Gasteiger partial charge in [-0.1, -0.05) is 0 Å². The number of hydrogen-bond donors (Lipinski definition) is 2. The summed E-state index contributed by atoms with van der Waals surface area (Å²) < 4.78 is 0. The van der Waals surface area contributed by atoms with Crippen LogP contribution in [0.1, 0.15) is 0 Å². The van der Waals surface area contributed by atoms with Crippen LogP contribution in [-0.2, 0) is 0 Å². The van der Waals surface area contributed by atoms with E-state index in [1.807, 2.05) is 0 Å². The SMILES string of the molecule is CN1CCNC(CN(C)C(=O)O)C1. The molecule has 0 aromatic heterocycles. The molecule has 0 aromatic rings. The molecule has 1 rings (SSSR count). The molecule has 1 unspecified atom stereocenters. The Morgan fingerprint density at radius 2 is 2.46 bits per heavy atom. The number of carboxylic acid groups (broad SMARTS) is 1. The molecule has 0 aromatic carbocycles. The molecule has 5 nitrogen and oxygen atoms in total. The molecule has 76 valence electrons. The summed E-state index contributed by atoms with van der Waals surface area (Å²) in [5.41, 5.74) is 0. The molecule has 2 N–H and O–H groups in total. The molecule has 13 heavy (non-hydrogen) atoms. The van der Waals surface area contributed by atoms with Crippen molar-refractivity contribution in [2.24, 2.45) is 0 Å². The van der Waals surface area contributed by atoms with Crippen molar-refractivity contribution in [3.8, 4) is 0 Å². The van der Waals surface area contributed by atoms with Gasteiger partial charge in [-0.2, -0.15) is 0 Å². The van der Waals surface area contributed by atoms with Crippen LogP contribution in [0.25, 0.3) is 0 Å². The number of likely N-dealkylation sites (N-methyl/N-ethyl adjacent to an activating group) is 2. The maximum Gasteiger partial charge on any atom is 0.407 e. The van der Waals surface area contributed by atoms with Crippen molar-refractivity contribution in [2.75, 3.05) is 40.3 Å². The first kappa shape index (κ1) is 10.3. The third kappa shape index (κ3) is 3.20. The van der Waals surface area contributed by atoms with Gasteiger partial charge in [0.1, 0.15) is 0 Å². The quantitative estimate of drug-likeness (QED) is 0.612. The fourth-order valence-corrected chi connectivity index (χ4v) is 1.52. The first-order valence-electron chi connectivity index (χ1n) is 4.45. The van der Waals surface area contributed by atoms with Crippen LogP contribution >= 0.6 is 0 Å². The second-order valence-electron chi connectivity index (χ2n) is 3.58. The monoisotopic (exact) mass is 187 g/mol. The first-order chi connectivity index (χ1) is 6.09. The molecule has 1 atom stereocenters. The number of carbonyl (C=O) groups is 1. The first-order valence-corrected chi connectivity index (χ1v) is 4.45. The molecule has 0 radical (unpaired) electrons. The molecular formula is C8H17N3O2. The van der Waals surface area contributed by atoms with Gasteiger partial charge in [0.2, 0.25) is 0 Å². The second-order valence-corrected chi connectivity index (χ2v) is 3.58. The molecule has 5 heteroatoms. The molecule has 1 aliphatic rings. The number of amides is 1. The average molecular weight is 187 g/mol. The predicted octanol–water partition coefficient (Wildman–Crippen LogP) is -0.500. The summed E-state index contributed by atoms with van der Waals surface area (Å²) in [6.07, 6.45) is -0.866. The van der Waals surface area contributed by atoms with Gasteiger partial charge in [0.15, 0.2) is 0 Å². The summed E-state index contributed by atoms with van der Waals surface area (Å²) in [5.74, 6) is 0. The van der Waals surface area contributed by atoms with Crippen LogP contribution in [0.4, 0.5) is 4.79 Å². The molecule has 0 spiro atoms. The van der Waals surface area contributed by atoms with E-state index in [2.05, 4.69) is 17.3 Å². The van der Waals surface area contributed by atoms with Crippen molar-refractivity contribution in [2.45, 2.75) is 6.04 Å². The topological polar surface area (TPSA) is 55.8 Å². The number of hydrogen-bond acceptors (Lipinski definition) is 3. The highest BCUT2D eigenvalue weighted by Gasteiger charge is 2.19. The zero-order chi connectivity index (χ0) is 9.84. The molecule has 0 saturated carbocycles.